The summed E-state index contributed by atoms with van der Waals surface area (Å²) >= 11 is 0. The van der Waals surface area contributed by atoms with Crippen LogP contribution in [0.15, 0.2) is 0 Å². The van der Waals surface area contributed by atoms with Crippen molar-refractivity contribution in [2.24, 2.45) is 0 Å². The van der Waals surface area contributed by atoms with E-state index < -0.39 is 42.8 Å². The van der Waals surface area contributed by atoms with Crippen LogP contribution in [0.4, 0.5) is 0 Å². The molecule has 0 fully saturated rings. The highest BCUT2D eigenvalue weighted by molar-refractivity contribution is 5.86. The van der Waals surface area contributed by atoms with Gasteiger partial charge in [-0.1, -0.05) is 0 Å². The molecule has 0 aliphatic rings. The number of rotatable bonds is 21. The highest BCUT2D eigenvalue weighted by Gasteiger charge is 2.29. The molecule has 0 spiro atoms. The molecule has 0 rings (SSSR count). The van der Waals surface area contributed by atoms with Crippen LogP contribution in [0.1, 0.15) is 12.8 Å². The molecule has 0 amide bonds. The molecule has 0 aromatic heterocycles. The fourth-order valence-electron chi connectivity index (χ4n) is 2.18. The first-order valence-corrected chi connectivity index (χ1v) is 15.3. The molecule has 0 unspecified atom stereocenters. The topological polar surface area (TPSA) is 286 Å². The second kappa shape index (κ2) is 33.7. The lowest BCUT2D eigenvalue weighted by molar-refractivity contribution is -0.870. The summed E-state index contributed by atoms with van der Waals surface area (Å²) in [6.45, 7) is 6.89. The summed E-state index contributed by atoms with van der Waals surface area (Å²) in [5, 5.41) is 47.2. The average molecular weight is 763 g/mol. The Morgan fingerprint density at radius 2 is 0.673 bits per heavy atom. The number of carboxylic acids is 3. The maximum atomic E-state index is 10.1. The van der Waals surface area contributed by atoms with Crippen LogP contribution in [-0.4, -0.2) is 216 Å². The monoisotopic (exact) mass is 762 g/mol. The van der Waals surface area contributed by atoms with Crippen LogP contribution >= 0.6 is 0 Å². The number of likely N-dealkylation sites (N-methyl/N-ethyl adjacent to an activating group) is 4. The fourth-order valence-corrected chi connectivity index (χ4v) is 2.18. The lowest BCUT2D eigenvalue weighted by Crippen LogP contribution is -2.54. The number of aliphatic carboxylic acids is 3. The minimum absolute atomic E-state index is 0.482. The largest absolute Gasteiger partial charge is 0.554 e. The molecular formula is C31H62N4O17. The van der Waals surface area contributed by atoms with Crippen LogP contribution in [0, 0.1) is 0 Å². The molecule has 0 aliphatic carbocycles. The SMILES string of the molecule is C[N+](C)(C)CCOC=O.C[N+](C)(C)CCOC=O.C[N+](C)(C)CCOC=O.C[N+](C)(C)CCOC=O.O=C([O-])CC(O)(CC(=O)[O-])C(=O)[O-].O=C[O-]. The average Bonchev–Trinajstić information content (AvgIpc) is 2.92. The van der Waals surface area contributed by atoms with Crippen molar-refractivity contribution in [2.45, 2.75) is 18.4 Å². The van der Waals surface area contributed by atoms with Gasteiger partial charge >= 0.3 is 0 Å². The van der Waals surface area contributed by atoms with E-state index in [1.807, 2.05) is 84.6 Å². The third-order valence-corrected chi connectivity index (χ3v) is 5.05. The maximum absolute atomic E-state index is 10.1. The summed E-state index contributed by atoms with van der Waals surface area (Å²) in [4.78, 5) is 76.9. The molecule has 0 bridgehead atoms. The number of nitrogens with zero attached hydrogens (tertiary/aromatic N) is 4. The number of carbonyl (C=O) groups is 8. The standard InChI is InChI=1S/4C6H14NO2.C6H8O7.CH2O2/c4*1-7(2,3)4-5-9-6-8;7-3(8)1-6(13,5(11)12)2-4(9)10;2-1-3/h4*6H,4-5H2,1-3H3;13H,1-2H2,(H,7,8)(H,9,10)(H,11,12);1H,(H,2,3)/q4*+1;;/p-4. The third-order valence-electron chi connectivity index (χ3n) is 5.05. The molecule has 52 heavy (non-hydrogen) atoms. The van der Waals surface area contributed by atoms with Gasteiger partial charge in [-0.2, -0.15) is 0 Å². The number of aliphatic hydroxyl groups is 1. The molecule has 0 atom stereocenters. The van der Waals surface area contributed by atoms with Crippen molar-refractivity contribution in [3.05, 3.63) is 0 Å². The molecular weight excluding hydrogens is 700 g/mol. The zero-order valence-corrected chi connectivity index (χ0v) is 32.7. The Labute approximate surface area is 306 Å². The van der Waals surface area contributed by atoms with E-state index in [-0.39, 0.29) is 0 Å². The van der Waals surface area contributed by atoms with Crippen LogP contribution in [0.3, 0.4) is 0 Å². The highest BCUT2D eigenvalue weighted by atomic mass is 16.5. The van der Waals surface area contributed by atoms with E-state index in [2.05, 4.69) is 18.9 Å². The Morgan fingerprint density at radius 1 is 0.500 bits per heavy atom. The molecule has 0 saturated heterocycles. The van der Waals surface area contributed by atoms with Crippen LogP contribution in [0.2, 0.25) is 0 Å². The Hall–Kier alpha value is -4.44. The van der Waals surface area contributed by atoms with Gasteiger partial charge < -0.3 is 81.6 Å². The fraction of sp³-hybridized carbons (Fsp3) is 0.742. The van der Waals surface area contributed by atoms with E-state index in [0.717, 1.165) is 44.1 Å². The third kappa shape index (κ3) is 71.5. The van der Waals surface area contributed by atoms with Gasteiger partial charge in [-0.05, 0) is 0 Å². The van der Waals surface area contributed by atoms with Crippen molar-refractivity contribution in [1.29, 1.82) is 0 Å². The number of hydrogen-bond acceptors (Lipinski definition) is 17. The number of quaternary nitrogens is 4. The summed E-state index contributed by atoms with van der Waals surface area (Å²) in [5.41, 5.74) is -2.97. The number of carbonyl (C=O) groups excluding carboxylic acids is 8. The smallest absolute Gasteiger partial charge is 0.293 e. The summed E-state index contributed by atoms with van der Waals surface area (Å²) in [5.74, 6) is -5.98. The quantitative estimate of drug-likeness (QED) is 0.0492. The Morgan fingerprint density at radius 3 is 0.769 bits per heavy atom. The van der Waals surface area contributed by atoms with Gasteiger partial charge in [0.05, 0.1) is 90.5 Å². The van der Waals surface area contributed by atoms with Gasteiger partial charge in [0.25, 0.3) is 25.9 Å². The zero-order chi connectivity index (χ0) is 42.7. The van der Waals surface area contributed by atoms with Crippen molar-refractivity contribution in [2.75, 3.05) is 137 Å². The van der Waals surface area contributed by atoms with Gasteiger partial charge in [0.15, 0.2) is 0 Å². The van der Waals surface area contributed by atoms with Crippen LogP contribution in [0.25, 0.3) is 0 Å². The maximum Gasteiger partial charge on any atom is 0.293 e. The van der Waals surface area contributed by atoms with Gasteiger partial charge in [0.2, 0.25) is 0 Å². The normalized spacial score (nSPS) is 10.6. The van der Waals surface area contributed by atoms with E-state index in [0.29, 0.717) is 52.3 Å². The van der Waals surface area contributed by atoms with E-state index in [1.165, 1.54) is 0 Å². The van der Waals surface area contributed by atoms with Crippen LogP contribution in [-0.2, 0) is 57.3 Å². The number of carboxylic acid groups (broad SMARTS) is 4. The molecule has 21 heteroatoms. The van der Waals surface area contributed by atoms with Gasteiger partial charge in [0.1, 0.15) is 58.2 Å². The Kier molecular flexibility index (Phi) is 38.7. The first-order valence-electron chi connectivity index (χ1n) is 15.3. The molecule has 0 heterocycles. The van der Waals surface area contributed by atoms with E-state index in [4.69, 9.17) is 15.0 Å². The lowest BCUT2D eigenvalue weighted by Gasteiger charge is -2.29. The number of ether oxygens (including phenoxy) is 4. The van der Waals surface area contributed by atoms with Gasteiger partial charge in [0, 0.05) is 31.3 Å². The zero-order valence-electron chi connectivity index (χ0n) is 32.7. The summed E-state index contributed by atoms with van der Waals surface area (Å²) in [7, 11) is 24.6. The first-order chi connectivity index (χ1) is 23.4. The second-order valence-electron chi connectivity index (χ2n) is 14.4. The molecule has 0 aromatic rings. The molecule has 0 saturated carbocycles. The van der Waals surface area contributed by atoms with Gasteiger partial charge in [-0.25, -0.2) is 0 Å². The van der Waals surface area contributed by atoms with Crippen molar-refractivity contribution in [1.82, 2.24) is 0 Å². The van der Waals surface area contributed by atoms with E-state index in [1.54, 1.807) is 0 Å². The Bertz CT molecular complexity index is 856. The molecule has 0 aromatic carbocycles. The second-order valence-corrected chi connectivity index (χ2v) is 14.4. The predicted octanol–water partition coefficient (Wildman–Crippen LogP) is -7.42. The van der Waals surface area contributed by atoms with Crippen molar-refractivity contribution in [3.63, 3.8) is 0 Å². The Balaban J connectivity index is -0.000000126. The summed E-state index contributed by atoms with van der Waals surface area (Å²) in [6, 6.07) is 0. The molecule has 308 valence electrons. The van der Waals surface area contributed by atoms with Crippen molar-refractivity contribution < 1.29 is 101 Å². The first kappa shape index (κ1) is 59.7. The van der Waals surface area contributed by atoms with E-state index in [9.17, 15) is 48.9 Å². The molecule has 0 radical (unpaired) electrons. The van der Waals surface area contributed by atoms with Crippen LogP contribution in [0.5, 0.6) is 0 Å². The summed E-state index contributed by atoms with van der Waals surface area (Å²) in [6.07, 6.45) is -2.72. The van der Waals surface area contributed by atoms with Crippen molar-refractivity contribution in [3.8, 4) is 0 Å². The number of hydrogen-bond donors (Lipinski definition) is 1. The minimum Gasteiger partial charge on any atom is -0.554 e. The van der Waals surface area contributed by atoms with Crippen molar-refractivity contribution >= 4 is 50.3 Å². The molecule has 21 nitrogen and oxygen atoms in total. The van der Waals surface area contributed by atoms with E-state index >= 15 is 0 Å². The summed E-state index contributed by atoms with van der Waals surface area (Å²) < 4.78 is 21.4. The molecule has 1 N–H and O–H groups in total. The lowest BCUT2D eigenvalue weighted by atomic mass is 9.96. The van der Waals surface area contributed by atoms with Gasteiger partial charge in [-0.3, -0.25) is 19.2 Å². The predicted molar refractivity (Wildman–Crippen MR) is 175 cm³/mol. The highest BCUT2D eigenvalue weighted by Crippen LogP contribution is 2.13. The minimum atomic E-state index is -2.97. The van der Waals surface area contributed by atoms with Gasteiger partial charge in [-0.15, -0.1) is 0 Å². The molecule has 0 aliphatic heterocycles. The van der Waals surface area contributed by atoms with Crippen LogP contribution < -0.4 is 20.4 Å².